The molecule has 1 aliphatic heterocycles. The summed E-state index contributed by atoms with van der Waals surface area (Å²) in [4.78, 5) is 14.5. The Morgan fingerprint density at radius 3 is 2.28 bits per heavy atom. The predicted molar refractivity (Wildman–Crippen MR) is 97.2 cm³/mol. The molecule has 0 radical (unpaired) electrons. The number of benzene rings is 3. The van der Waals surface area contributed by atoms with Crippen LogP contribution in [-0.4, -0.2) is 15.9 Å². The monoisotopic (exact) mass is 349 g/mol. The smallest absolute Gasteiger partial charge is 0.257 e. The van der Waals surface area contributed by atoms with Crippen molar-refractivity contribution in [2.24, 2.45) is 0 Å². The summed E-state index contributed by atoms with van der Waals surface area (Å²) in [5.41, 5.74) is 1.04. The number of amides is 1. The van der Waals surface area contributed by atoms with E-state index in [4.69, 9.17) is 11.6 Å². The Labute approximate surface area is 151 Å². The Balaban J connectivity index is 1.88. The second kappa shape index (κ2) is 6.03. The third-order valence-corrected chi connectivity index (χ3v) is 5.00. The van der Waals surface area contributed by atoms with Gasteiger partial charge < -0.3 is 5.11 Å². The number of hydrogen-bond donors (Lipinski definition) is 1. The molecule has 3 nitrogen and oxygen atoms in total. The van der Waals surface area contributed by atoms with Gasteiger partial charge in [-0.15, -0.1) is 0 Å². The first-order valence-electron chi connectivity index (χ1n) is 8.05. The fourth-order valence-corrected chi connectivity index (χ4v) is 3.57. The van der Waals surface area contributed by atoms with E-state index in [1.54, 1.807) is 24.3 Å². The van der Waals surface area contributed by atoms with Crippen LogP contribution in [0.1, 0.15) is 27.0 Å². The third-order valence-electron chi connectivity index (χ3n) is 4.63. The standard InChI is InChI=1S/C21H16ClNO2/c22-19-13-7-4-8-15(19)14-23-20(24)17-11-5-6-12-18(17)21(23,25)16-9-2-1-3-10-16/h1-13,25H,14H2/t21-/m0/s1. The summed E-state index contributed by atoms with van der Waals surface area (Å²) in [6.45, 7) is 0.221. The molecule has 1 aliphatic rings. The number of carbonyl (C=O) groups excluding carboxylic acids is 1. The number of carbonyl (C=O) groups is 1. The topological polar surface area (TPSA) is 40.5 Å². The molecule has 4 rings (SSSR count). The fourth-order valence-electron chi connectivity index (χ4n) is 3.38. The van der Waals surface area contributed by atoms with E-state index in [0.29, 0.717) is 21.7 Å². The molecule has 0 fully saturated rings. The molecule has 1 amide bonds. The minimum absolute atomic E-state index is 0.207. The number of fused-ring (bicyclic) bond motifs is 1. The van der Waals surface area contributed by atoms with E-state index in [0.717, 1.165) is 5.56 Å². The molecule has 1 N–H and O–H groups in total. The van der Waals surface area contributed by atoms with Gasteiger partial charge in [0.1, 0.15) is 0 Å². The van der Waals surface area contributed by atoms with Gasteiger partial charge in [-0.1, -0.05) is 78.3 Å². The minimum Gasteiger partial charge on any atom is -0.363 e. The molecule has 0 bridgehead atoms. The van der Waals surface area contributed by atoms with Gasteiger partial charge in [0.05, 0.1) is 6.54 Å². The van der Waals surface area contributed by atoms with Gasteiger partial charge in [-0.2, -0.15) is 0 Å². The normalized spacial score (nSPS) is 19.1. The van der Waals surface area contributed by atoms with Crippen LogP contribution in [0.2, 0.25) is 5.02 Å². The van der Waals surface area contributed by atoms with Gasteiger partial charge >= 0.3 is 0 Å². The van der Waals surface area contributed by atoms with Gasteiger partial charge in [0.25, 0.3) is 5.91 Å². The van der Waals surface area contributed by atoms with Crippen molar-refractivity contribution in [1.82, 2.24) is 4.90 Å². The average Bonchev–Trinajstić information content (AvgIpc) is 2.87. The Hall–Kier alpha value is -2.62. The quantitative estimate of drug-likeness (QED) is 0.770. The van der Waals surface area contributed by atoms with Gasteiger partial charge in [-0.3, -0.25) is 9.69 Å². The van der Waals surface area contributed by atoms with Crippen molar-refractivity contribution in [2.45, 2.75) is 12.3 Å². The summed E-state index contributed by atoms with van der Waals surface area (Å²) < 4.78 is 0. The van der Waals surface area contributed by atoms with Crippen molar-refractivity contribution in [3.05, 3.63) is 106 Å². The number of hydrogen-bond acceptors (Lipinski definition) is 2. The minimum atomic E-state index is -1.52. The molecule has 1 atom stereocenters. The maximum absolute atomic E-state index is 13.0. The van der Waals surface area contributed by atoms with Gasteiger partial charge in [0, 0.05) is 21.7 Å². The maximum Gasteiger partial charge on any atom is 0.257 e. The number of aliphatic hydroxyl groups is 1. The summed E-state index contributed by atoms with van der Waals surface area (Å²) in [6.07, 6.45) is 0. The third kappa shape index (κ3) is 2.44. The SMILES string of the molecule is O=C1c2ccccc2[C@@](O)(c2ccccc2)N1Cc1ccccc1Cl. The van der Waals surface area contributed by atoms with E-state index in [1.807, 2.05) is 54.6 Å². The zero-order chi connectivity index (χ0) is 17.4. The highest BCUT2D eigenvalue weighted by atomic mass is 35.5. The van der Waals surface area contributed by atoms with Crippen molar-refractivity contribution in [3.8, 4) is 0 Å². The van der Waals surface area contributed by atoms with E-state index >= 15 is 0 Å². The molecular weight excluding hydrogens is 334 g/mol. The molecule has 0 aromatic heterocycles. The molecule has 124 valence electrons. The van der Waals surface area contributed by atoms with Crippen molar-refractivity contribution >= 4 is 17.5 Å². The Kier molecular flexibility index (Phi) is 3.83. The van der Waals surface area contributed by atoms with Crippen LogP contribution in [0.3, 0.4) is 0 Å². The van der Waals surface area contributed by atoms with Gasteiger partial charge in [-0.05, 0) is 17.7 Å². The van der Waals surface area contributed by atoms with Gasteiger partial charge in [-0.25, -0.2) is 0 Å². The van der Waals surface area contributed by atoms with Crippen LogP contribution in [0.25, 0.3) is 0 Å². The molecule has 4 heteroatoms. The first-order valence-corrected chi connectivity index (χ1v) is 8.43. The zero-order valence-electron chi connectivity index (χ0n) is 13.4. The van der Waals surface area contributed by atoms with Crippen LogP contribution in [0.15, 0.2) is 78.9 Å². The summed E-state index contributed by atoms with van der Waals surface area (Å²) in [7, 11) is 0. The lowest BCUT2D eigenvalue weighted by Crippen LogP contribution is -2.44. The second-order valence-corrected chi connectivity index (χ2v) is 6.47. The van der Waals surface area contributed by atoms with Crippen LogP contribution < -0.4 is 0 Å². The van der Waals surface area contributed by atoms with E-state index in [2.05, 4.69) is 0 Å². The molecule has 25 heavy (non-hydrogen) atoms. The van der Waals surface area contributed by atoms with Crippen LogP contribution >= 0.6 is 11.6 Å². The molecule has 3 aromatic carbocycles. The lowest BCUT2D eigenvalue weighted by Gasteiger charge is -2.35. The van der Waals surface area contributed by atoms with E-state index in [9.17, 15) is 9.90 Å². The van der Waals surface area contributed by atoms with E-state index in [1.165, 1.54) is 4.90 Å². The van der Waals surface area contributed by atoms with Crippen molar-refractivity contribution < 1.29 is 9.90 Å². The van der Waals surface area contributed by atoms with Crippen molar-refractivity contribution in [1.29, 1.82) is 0 Å². The average molecular weight is 350 g/mol. The van der Waals surface area contributed by atoms with E-state index in [-0.39, 0.29) is 12.5 Å². The maximum atomic E-state index is 13.0. The fraction of sp³-hybridized carbons (Fsp3) is 0.0952. The summed E-state index contributed by atoms with van der Waals surface area (Å²) in [5, 5.41) is 12.2. The van der Waals surface area contributed by atoms with Gasteiger partial charge in [0.15, 0.2) is 5.72 Å². The van der Waals surface area contributed by atoms with E-state index < -0.39 is 5.72 Å². The molecule has 0 saturated heterocycles. The van der Waals surface area contributed by atoms with Crippen molar-refractivity contribution in [2.75, 3.05) is 0 Å². The Bertz CT molecular complexity index is 941. The molecular formula is C21H16ClNO2. The predicted octanol–water partition coefficient (Wildman–Crippen LogP) is 4.19. The van der Waals surface area contributed by atoms with Crippen LogP contribution in [0.4, 0.5) is 0 Å². The van der Waals surface area contributed by atoms with Crippen LogP contribution in [0, 0.1) is 0 Å². The lowest BCUT2D eigenvalue weighted by molar-refractivity contribution is -0.0542. The lowest BCUT2D eigenvalue weighted by atomic mass is 9.93. The van der Waals surface area contributed by atoms with Crippen LogP contribution in [0.5, 0.6) is 0 Å². The first-order chi connectivity index (χ1) is 12.1. The highest BCUT2D eigenvalue weighted by Gasteiger charge is 2.49. The highest BCUT2D eigenvalue weighted by Crippen LogP contribution is 2.43. The number of rotatable bonds is 3. The van der Waals surface area contributed by atoms with Crippen molar-refractivity contribution in [3.63, 3.8) is 0 Å². The number of nitrogens with zero attached hydrogens (tertiary/aromatic N) is 1. The molecule has 0 unspecified atom stereocenters. The number of halogens is 1. The van der Waals surface area contributed by atoms with Crippen LogP contribution in [-0.2, 0) is 12.3 Å². The van der Waals surface area contributed by atoms with Gasteiger partial charge in [0.2, 0.25) is 0 Å². The molecule has 1 heterocycles. The summed E-state index contributed by atoms with van der Waals surface area (Å²) in [5.74, 6) is -0.207. The molecule has 3 aromatic rings. The molecule has 0 aliphatic carbocycles. The summed E-state index contributed by atoms with van der Waals surface area (Å²) in [6, 6.07) is 23.8. The highest BCUT2D eigenvalue weighted by molar-refractivity contribution is 6.31. The second-order valence-electron chi connectivity index (χ2n) is 6.07. The first kappa shape index (κ1) is 15.9. The molecule has 0 saturated carbocycles. The zero-order valence-corrected chi connectivity index (χ0v) is 14.1. The largest absolute Gasteiger partial charge is 0.363 e. The summed E-state index contributed by atoms with van der Waals surface area (Å²) >= 11 is 6.28. The Morgan fingerprint density at radius 1 is 0.880 bits per heavy atom. The molecule has 0 spiro atoms. The Morgan fingerprint density at radius 2 is 1.52 bits per heavy atom.